The van der Waals surface area contributed by atoms with Gasteiger partial charge in [0.15, 0.2) is 0 Å². The van der Waals surface area contributed by atoms with E-state index >= 15 is 0 Å². The normalized spacial score (nSPS) is 19.2. The van der Waals surface area contributed by atoms with Crippen LogP contribution in [0.5, 0.6) is 0 Å². The van der Waals surface area contributed by atoms with Crippen molar-refractivity contribution >= 4 is 5.91 Å². The second kappa shape index (κ2) is 7.65. The quantitative estimate of drug-likeness (QED) is 0.807. The molecule has 0 unspecified atom stereocenters. The number of aryl methyl sites for hydroxylation is 1. The van der Waals surface area contributed by atoms with E-state index in [2.05, 4.69) is 45.6 Å². The summed E-state index contributed by atoms with van der Waals surface area (Å²) >= 11 is 0. The number of aromatic nitrogens is 2. The van der Waals surface area contributed by atoms with Gasteiger partial charge < -0.3 is 9.47 Å². The van der Waals surface area contributed by atoms with Crippen LogP contribution in [0.2, 0.25) is 0 Å². The zero-order valence-electron chi connectivity index (χ0n) is 15.7. The summed E-state index contributed by atoms with van der Waals surface area (Å²) in [6, 6.07) is 10.8. The summed E-state index contributed by atoms with van der Waals surface area (Å²) in [5.74, 6) is 2.07. The number of nitrogens with zero attached hydrogens (tertiary/aromatic N) is 3. The smallest absolute Gasteiger partial charge is 0.222 e. The van der Waals surface area contributed by atoms with E-state index in [-0.39, 0.29) is 0 Å². The molecule has 0 bridgehead atoms. The van der Waals surface area contributed by atoms with Gasteiger partial charge in [0.2, 0.25) is 5.91 Å². The van der Waals surface area contributed by atoms with Gasteiger partial charge in [0.1, 0.15) is 5.82 Å². The molecule has 2 heterocycles. The molecule has 0 radical (unpaired) electrons. The molecule has 2 aliphatic rings. The third kappa shape index (κ3) is 3.55. The van der Waals surface area contributed by atoms with E-state index in [0.717, 1.165) is 38.2 Å². The first kappa shape index (κ1) is 17.3. The Hall–Kier alpha value is -2.10. The van der Waals surface area contributed by atoms with E-state index in [9.17, 15) is 4.79 Å². The van der Waals surface area contributed by atoms with Crippen molar-refractivity contribution in [1.29, 1.82) is 0 Å². The molecule has 1 amide bonds. The molecule has 0 atom stereocenters. The summed E-state index contributed by atoms with van der Waals surface area (Å²) in [5, 5.41) is 0. The van der Waals surface area contributed by atoms with Crippen molar-refractivity contribution in [3.63, 3.8) is 0 Å². The van der Waals surface area contributed by atoms with Crippen LogP contribution in [-0.4, -0.2) is 33.4 Å². The molecule has 2 aromatic rings. The largest absolute Gasteiger partial charge is 0.343 e. The zero-order valence-corrected chi connectivity index (χ0v) is 15.7. The molecular formula is C22H29N3O. The molecule has 26 heavy (non-hydrogen) atoms. The SMILES string of the molecule is Cc1cnc(-c2ccccc2)n1C1CCN(C(=O)CC2CCCC2)CC1. The molecule has 0 spiro atoms. The minimum absolute atomic E-state index is 0.376. The molecule has 4 nitrogen and oxygen atoms in total. The Labute approximate surface area is 156 Å². The van der Waals surface area contributed by atoms with Gasteiger partial charge in [-0.05, 0) is 38.5 Å². The van der Waals surface area contributed by atoms with E-state index in [1.54, 1.807) is 0 Å². The van der Waals surface area contributed by atoms with Gasteiger partial charge in [-0.1, -0.05) is 43.2 Å². The van der Waals surface area contributed by atoms with Crippen LogP contribution in [0.3, 0.4) is 0 Å². The van der Waals surface area contributed by atoms with E-state index in [0.29, 0.717) is 17.9 Å². The van der Waals surface area contributed by atoms with Crippen molar-refractivity contribution < 1.29 is 4.79 Å². The Morgan fingerprint density at radius 1 is 1.08 bits per heavy atom. The van der Waals surface area contributed by atoms with Crippen LogP contribution in [0, 0.1) is 12.8 Å². The Kier molecular flexibility index (Phi) is 5.09. The van der Waals surface area contributed by atoms with Gasteiger partial charge in [0.05, 0.1) is 0 Å². The molecular weight excluding hydrogens is 322 g/mol. The van der Waals surface area contributed by atoms with Crippen molar-refractivity contribution in [3.8, 4) is 11.4 Å². The molecule has 1 saturated heterocycles. The summed E-state index contributed by atoms with van der Waals surface area (Å²) < 4.78 is 2.38. The van der Waals surface area contributed by atoms with E-state index in [1.807, 2.05) is 12.3 Å². The maximum atomic E-state index is 12.6. The predicted molar refractivity (Wildman–Crippen MR) is 104 cm³/mol. The fourth-order valence-electron chi connectivity index (χ4n) is 4.67. The second-order valence-electron chi connectivity index (χ2n) is 7.93. The molecule has 4 rings (SSSR count). The lowest BCUT2D eigenvalue weighted by Gasteiger charge is -2.34. The van der Waals surface area contributed by atoms with Crippen LogP contribution >= 0.6 is 0 Å². The van der Waals surface area contributed by atoms with E-state index in [4.69, 9.17) is 0 Å². The molecule has 1 aromatic carbocycles. The summed E-state index contributed by atoms with van der Waals surface area (Å²) in [6.07, 6.45) is 9.89. The number of rotatable bonds is 4. The number of hydrogen-bond donors (Lipinski definition) is 0. The summed E-state index contributed by atoms with van der Waals surface area (Å²) in [5.41, 5.74) is 2.37. The van der Waals surface area contributed by atoms with E-state index in [1.165, 1.54) is 36.9 Å². The third-order valence-electron chi connectivity index (χ3n) is 6.13. The maximum Gasteiger partial charge on any atom is 0.222 e. The highest BCUT2D eigenvalue weighted by Crippen LogP contribution is 2.32. The number of imidazole rings is 1. The Bertz CT molecular complexity index is 738. The van der Waals surface area contributed by atoms with Gasteiger partial charge in [-0.2, -0.15) is 0 Å². The number of likely N-dealkylation sites (tertiary alicyclic amines) is 1. The number of amides is 1. The first-order valence-electron chi connectivity index (χ1n) is 10.1. The van der Waals surface area contributed by atoms with Crippen molar-refractivity contribution in [2.75, 3.05) is 13.1 Å². The first-order valence-corrected chi connectivity index (χ1v) is 10.1. The highest BCUT2D eigenvalue weighted by Gasteiger charge is 2.28. The number of piperidine rings is 1. The van der Waals surface area contributed by atoms with Crippen molar-refractivity contribution in [3.05, 3.63) is 42.2 Å². The number of hydrogen-bond acceptors (Lipinski definition) is 2. The Morgan fingerprint density at radius 2 is 1.77 bits per heavy atom. The van der Waals surface area contributed by atoms with Crippen molar-refractivity contribution in [1.82, 2.24) is 14.5 Å². The fourth-order valence-corrected chi connectivity index (χ4v) is 4.67. The van der Waals surface area contributed by atoms with Crippen molar-refractivity contribution in [2.24, 2.45) is 5.92 Å². The van der Waals surface area contributed by atoms with Gasteiger partial charge in [-0.3, -0.25) is 4.79 Å². The highest BCUT2D eigenvalue weighted by molar-refractivity contribution is 5.76. The molecule has 0 N–H and O–H groups in total. The van der Waals surface area contributed by atoms with Crippen LogP contribution < -0.4 is 0 Å². The van der Waals surface area contributed by atoms with E-state index < -0.39 is 0 Å². The van der Waals surface area contributed by atoms with Crippen LogP contribution in [0.4, 0.5) is 0 Å². The van der Waals surface area contributed by atoms with Gasteiger partial charge in [0, 0.05) is 43.0 Å². The van der Waals surface area contributed by atoms with Crippen LogP contribution in [-0.2, 0) is 4.79 Å². The van der Waals surface area contributed by atoms with Crippen LogP contribution in [0.1, 0.15) is 56.7 Å². The summed E-state index contributed by atoms with van der Waals surface area (Å²) in [4.78, 5) is 19.4. The van der Waals surface area contributed by atoms with Gasteiger partial charge in [-0.25, -0.2) is 4.98 Å². The molecule has 4 heteroatoms. The average molecular weight is 351 g/mol. The zero-order chi connectivity index (χ0) is 17.9. The lowest BCUT2D eigenvalue weighted by Crippen LogP contribution is -2.39. The Balaban J connectivity index is 1.42. The molecule has 2 fully saturated rings. The average Bonchev–Trinajstić information content (AvgIpc) is 3.32. The highest BCUT2D eigenvalue weighted by atomic mass is 16.2. The number of benzene rings is 1. The second-order valence-corrected chi connectivity index (χ2v) is 7.93. The van der Waals surface area contributed by atoms with Crippen molar-refractivity contribution in [2.45, 2.75) is 57.9 Å². The minimum Gasteiger partial charge on any atom is -0.343 e. The van der Waals surface area contributed by atoms with Gasteiger partial charge in [0.25, 0.3) is 0 Å². The van der Waals surface area contributed by atoms with Gasteiger partial charge in [-0.15, -0.1) is 0 Å². The Morgan fingerprint density at radius 3 is 2.46 bits per heavy atom. The fraction of sp³-hybridized carbons (Fsp3) is 0.545. The molecule has 1 aliphatic carbocycles. The lowest BCUT2D eigenvalue weighted by molar-refractivity contribution is -0.133. The standard InChI is InChI=1S/C22H29N3O/c1-17-16-23-22(19-9-3-2-4-10-19)25(17)20-11-13-24(14-12-20)21(26)15-18-7-5-6-8-18/h2-4,9-10,16,18,20H,5-8,11-15H2,1H3. The minimum atomic E-state index is 0.376. The van der Waals surface area contributed by atoms with Crippen LogP contribution in [0.15, 0.2) is 36.5 Å². The molecule has 1 aliphatic heterocycles. The molecule has 138 valence electrons. The van der Waals surface area contributed by atoms with Gasteiger partial charge >= 0.3 is 0 Å². The first-order chi connectivity index (χ1) is 12.7. The number of carbonyl (C=O) groups excluding carboxylic acids is 1. The summed E-state index contributed by atoms with van der Waals surface area (Å²) in [6.45, 7) is 3.89. The molecule has 1 aromatic heterocycles. The predicted octanol–water partition coefficient (Wildman–Crippen LogP) is 4.60. The lowest BCUT2D eigenvalue weighted by atomic mass is 10.00. The topological polar surface area (TPSA) is 38.1 Å². The monoisotopic (exact) mass is 351 g/mol. The number of carbonyl (C=O) groups is 1. The maximum absolute atomic E-state index is 12.6. The third-order valence-corrected chi connectivity index (χ3v) is 6.13. The molecule has 1 saturated carbocycles. The van der Waals surface area contributed by atoms with Crippen LogP contribution in [0.25, 0.3) is 11.4 Å². The summed E-state index contributed by atoms with van der Waals surface area (Å²) in [7, 11) is 0.